The molecule has 2 aliphatic heterocycles. The van der Waals surface area contributed by atoms with E-state index in [0.717, 1.165) is 19.4 Å². The molecule has 0 saturated carbocycles. The molecular formula is C8H13NO3. The quantitative estimate of drug-likeness (QED) is 0.613. The van der Waals surface area contributed by atoms with Crippen molar-refractivity contribution >= 4 is 6.09 Å². The first-order chi connectivity index (χ1) is 5.83. The predicted octanol–water partition coefficient (Wildman–Crippen LogP) is 0.210. The minimum absolute atomic E-state index is 0.119. The van der Waals surface area contributed by atoms with Crippen LogP contribution in [0.3, 0.4) is 0 Å². The van der Waals surface area contributed by atoms with Crippen LogP contribution in [0.15, 0.2) is 0 Å². The van der Waals surface area contributed by atoms with E-state index in [1.807, 2.05) is 0 Å². The summed E-state index contributed by atoms with van der Waals surface area (Å²) in [6, 6.07) is 0.233. The third-order valence-corrected chi connectivity index (χ3v) is 2.73. The molecule has 68 valence electrons. The predicted molar refractivity (Wildman–Crippen MR) is 41.7 cm³/mol. The summed E-state index contributed by atoms with van der Waals surface area (Å²) in [7, 11) is 0. The van der Waals surface area contributed by atoms with Crippen LogP contribution in [0.5, 0.6) is 0 Å². The molecule has 2 fully saturated rings. The summed E-state index contributed by atoms with van der Waals surface area (Å²) < 4.78 is 4.92. The molecule has 4 nitrogen and oxygen atoms in total. The van der Waals surface area contributed by atoms with E-state index < -0.39 is 0 Å². The molecular weight excluding hydrogens is 158 g/mol. The Morgan fingerprint density at radius 2 is 2.50 bits per heavy atom. The second kappa shape index (κ2) is 2.94. The number of rotatable bonds is 1. The van der Waals surface area contributed by atoms with Crippen LogP contribution in [0.25, 0.3) is 0 Å². The molecule has 0 bridgehead atoms. The van der Waals surface area contributed by atoms with Crippen molar-refractivity contribution in [1.29, 1.82) is 0 Å². The van der Waals surface area contributed by atoms with Crippen LogP contribution in [-0.4, -0.2) is 41.9 Å². The van der Waals surface area contributed by atoms with Gasteiger partial charge in [-0.2, -0.15) is 0 Å². The lowest BCUT2D eigenvalue weighted by atomic mass is 9.98. The third kappa shape index (κ3) is 1.06. The van der Waals surface area contributed by atoms with Crippen LogP contribution in [0.2, 0.25) is 0 Å². The second-order valence-electron chi connectivity index (χ2n) is 3.42. The molecule has 0 aromatic heterocycles. The lowest BCUT2D eigenvalue weighted by Crippen LogP contribution is -2.48. The Bertz CT molecular complexity index is 195. The zero-order chi connectivity index (χ0) is 8.55. The molecule has 0 aromatic carbocycles. The molecule has 0 radical (unpaired) electrons. The van der Waals surface area contributed by atoms with Crippen molar-refractivity contribution in [2.24, 2.45) is 5.92 Å². The van der Waals surface area contributed by atoms with E-state index in [0.29, 0.717) is 6.61 Å². The largest absolute Gasteiger partial charge is 0.449 e. The number of fused-ring (bicyclic) bond motifs is 1. The van der Waals surface area contributed by atoms with E-state index in [1.54, 1.807) is 4.90 Å². The second-order valence-corrected chi connectivity index (χ2v) is 3.42. The smallest absolute Gasteiger partial charge is 0.410 e. The number of hydrogen-bond acceptors (Lipinski definition) is 3. The molecule has 1 amide bonds. The summed E-state index contributed by atoms with van der Waals surface area (Å²) in [5, 5.41) is 9.01. The van der Waals surface area contributed by atoms with Gasteiger partial charge >= 0.3 is 6.09 Å². The lowest BCUT2D eigenvalue weighted by molar-refractivity contribution is 0.00464. The topological polar surface area (TPSA) is 49.8 Å². The number of nitrogens with zero attached hydrogens (tertiary/aromatic N) is 1. The fourth-order valence-corrected chi connectivity index (χ4v) is 2.06. The summed E-state index contributed by atoms with van der Waals surface area (Å²) in [6.45, 7) is 1.30. The van der Waals surface area contributed by atoms with Gasteiger partial charge in [0.05, 0.1) is 6.61 Å². The van der Waals surface area contributed by atoms with Gasteiger partial charge in [0.15, 0.2) is 0 Å². The molecule has 4 heteroatoms. The molecule has 1 N–H and O–H groups in total. The summed E-state index contributed by atoms with van der Waals surface area (Å²) in [6.07, 6.45) is 1.85. The van der Waals surface area contributed by atoms with Gasteiger partial charge in [0.1, 0.15) is 6.61 Å². The number of ether oxygens (including phenoxy) is 1. The summed E-state index contributed by atoms with van der Waals surface area (Å²) in [5.41, 5.74) is 0. The Kier molecular flexibility index (Phi) is 1.92. The number of hydrogen-bond donors (Lipinski definition) is 1. The highest BCUT2D eigenvalue weighted by Crippen LogP contribution is 2.28. The van der Waals surface area contributed by atoms with Gasteiger partial charge in [0.2, 0.25) is 0 Å². The van der Waals surface area contributed by atoms with Crippen molar-refractivity contribution in [3.8, 4) is 0 Å². The molecule has 0 spiro atoms. The average molecular weight is 171 g/mol. The number of amides is 1. The van der Waals surface area contributed by atoms with Crippen molar-refractivity contribution in [3.05, 3.63) is 0 Å². The first-order valence-corrected chi connectivity index (χ1v) is 4.37. The highest BCUT2D eigenvalue weighted by Gasteiger charge is 2.39. The van der Waals surface area contributed by atoms with E-state index in [1.165, 1.54) is 0 Å². The van der Waals surface area contributed by atoms with Crippen molar-refractivity contribution in [2.75, 3.05) is 19.8 Å². The van der Waals surface area contributed by atoms with Gasteiger partial charge in [-0.15, -0.1) is 0 Å². The minimum atomic E-state index is -0.206. The molecule has 2 atom stereocenters. The van der Waals surface area contributed by atoms with Gasteiger partial charge in [-0.1, -0.05) is 0 Å². The molecule has 2 unspecified atom stereocenters. The van der Waals surface area contributed by atoms with Crippen LogP contribution in [0, 0.1) is 5.92 Å². The molecule has 2 heterocycles. The third-order valence-electron chi connectivity index (χ3n) is 2.73. The molecule has 2 aliphatic rings. The molecule has 12 heavy (non-hydrogen) atoms. The van der Waals surface area contributed by atoms with Crippen LogP contribution in [0.1, 0.15) is 12.8 Å². The number of aliphatic hydroxyl groups excluding tert-OH is 1. The number of carbonyl (C=O) groups is 1. The van der Waals surface area contributed by atoms with Crippen LogP contribution >= 0.6 is 0 Å². The summed E-state index contributed by atoms with van der Waals surface area (Å²) >= 11 is 0. The number of cyclic esters (lactones) is 1. The Morgan fingerprint density at radius 1 is 1.67 bits per heavy atom. The van der Waals surface area contributed by atoms with Gasteiger partial charge in [0.25, 0.3) is 0 Å². The zero-order valence-electron chi connectivity index (χ0n) is 6.90. The maximum atomic E-state index is 11.2. The Morgan fingerprint density at radius 3 is 3.25 bits per heavy atom. The first-order valence-electron chi connectivity index (χ1n) is 4.37. The minimum Gasteiger partial charge on any atom is -0.449 e. The Hall–Kier alpha value is -0.770. The van der Waals surface area contributed by atoms with Gasteiger partial charge in [-0.3, -0.25) is 0 Å². The maximum Gasteiger partial charge on any atom is 0.410 e. The van der Waals surface area contributed by atoms with E-state index >= 15 is 0 Å². The van der Waals surface area contributed by atoms with Crippen molar-refractivity contribution in [1.82, 2.24) is 4.90 Å². The van der Waals surface area contributed by atoms with Crippen LogP contribution in [0.4, 0.5) is 4.79 Å². The lowest BCUT2D eigenvalue weighted by Gasteiger charge is -2.34. The zero-order valence-corrected chi connectivity index (χ0v) is 6.90. The fraction of sp³-hybridized carbons (Fsp3) is 0.875. The Balaban J connectivity index is 2.10. The van der Waals surface area contributed by atoms with E-state index in [-0.39, 0.29) is 24.7 Å². The number of carbonyl (C=O) groups excluding carboxylic acids is 1. The van der Waals surface area contributed by atoms with Crippen molar-refractivity contribution in [2.45, 2.75) is 18.9 Å². The van der Waals surface area contributed by atoms with Crippen molar-refractivity contribution < 1.29 is 14.6 Å². The standard InChI is InChI=1S/C8H13NO3/c10-4-6-5-12-8(11)9-3-1-2-7(6)9/h6-7,10H,1-5H2. The van der Waals surface area contributed by atoms with E-state index in [4.69, 9.17) is 9.84 Å². The van der Waals surface area contributed by atoms with E-state index in [9.17, 15) is 4.79 Å². The van der Waals surface area contributed by atoms with Gasteiger partial charge in [0, 0.05) is 18.5 Å². The molecule has 2 saturated heterocycles. The number of aliphatic hydroxyl groups is 1. The summed E-state index contributed by atoms with van der Waals surface area (Å²) in [4.78, 5) is 12.9. The first kappa shape index (κ1) is 7.86. The van der Waals surface area contributed by atoms with Gasteiger partial charge in [-0.25, -0.2) is 4.79 Å². The van der Waals surface area contributed by atoms with E-state index in [2.05, 4.69) is 0 Å². The Labute approximate surface area is 71.1 Å². The normalized spacial score (nSPS) is 34.8. The van der Waals surface area contributed by atoms with Crippen LogP contribution in [-0.2, 0) is 4.74 Å². The molecule has 0 aliphatic carbocycles. The highest BCUT2D eigenvalue weighted by molar-refractivity contribution is 5.69. The molecule has 0 aromatic rings. The maximum absolute atomic E-state index is 11.2. The summed E-state index contributed by atoms with van der Waals surface area (Å²) in [5.74, 6) is 0.130. The SMILES string of the molecule is O=C1OCC(CO)C2CCCN12. The monoisotopic (exact) mass is 171 g/mol. The average Bonchev–Trinajstić information content (AvgIpc) is 2.54. The van der Waals surface area contributed by atoms with Crippen LogP contribution < -0.4 is 0 Å². The van der Waals surface area contributed by atoms with Gasteiger partial charge < -0.3 is 14.7 Å². The van der Waals surface area contributed by atoms with Crippen molar-refractivity contribution in [3.63, 3.8) is 0 Å². The molecule has 2 rings (SSSR count). The highest BCUT2D eigenvalue weighted by atomic mass is 16.6. The fourth-order valence-electron chi connectivity index (χ4n) is 2.06. The van der Waals surface area contributed by atoms with Gasteiger partial charge in [-0.05, 0) is 12.8 Å².